The van der Waals surface area contributed by atoms with E-state index in [1.807, 2.05) is 13.8 Å². The van der Waals surface area contributed by atoms with Crippen molar-refractivity contribution in [1.29, 1.82) is 0 Å². The molecule has 0 radical (unpaired) electrons. The molecule has 10 nitrogen and oxygen atoms in total. The largest absolute Gasteiger partial charge is 0.356 e. The van der Waals surface area contributed by atoms with Gasteiger partial charge in [0.05, 0.1) is 5.41 Å². The summed E-state index contributed by atoms with van der Waals surface area (Å²) in [6.07, 6.45) is 6.79. The van der Waals surface area contributed by atoms with E-state index in [0.717, 1.165) is 32.1 Å². The van der Waals surface area contributed by atoms with Gasteiger partial charge in [-0.25, -0.2) is 4.39 Å². The molecule has 6 fully saturated rings. The van der Waals surface area contributed by atoms with Gasteiger partial charge in [-0.3, -0.25) is 14.4 Å². The van der Waals surface area contributed by atoms with Crippen molar-refractivity contribution in [3.8, 4) is 0 Å². The molecule has 0 bridgehead atoms. The van der Waals surface area contributed by atoms with E-state index < -0.39 is 17.1 Å². The third kappa shape index (κ3) is 4.29. The van der Waals surface area contributed by atoms with Crippen molar-refractivity contribution in [3.05, 3.63) is 35.6 Å². The molecule has 7 rings (SSSR count). The van der Waals surface area contributed by atoms with Crippen LogP contribution in [-0.2, 0) is 24.1 Å². The Bertz CT molecular complexity index is 1300. The van der Waals surface area contributed by atoms with Crippen LogP contribution in [0.4, 0.5) is 4.39 Å². The topological polar surface area (TPSA) is 141 Å². The van der Waals surface area contributed by atoms with Crippen LogP contribution in [0.5, 0.6) is 0 Å². The number of nitrogens with two attached hydrogens (primary N) is 1. The highest BCUT2D eigenvalue weighted by atomic mass is 19.1. The molecule has 1 saturated heterocycles. The fourth-order valence-corrected chi connectivity index (χ4v) is 9.51. The molecule has 234 valence electrons. The van der Waals surface area contributed by atoms with Crippen LogP contribution < -0.4 is 21.7 Å². The number of hydrogen-bond donors (Lipinski definition) is 4. The first-order valence-corrected chi connectivity index (χ1v) is 15.9. The predicted molar refractivity (Wildman–Crippen MR) is 152 cm³/mol. The van der Waals surface area contributed by atoms with Crippen molar-refractivity contribution in [3.63, 3.8) is 0 Å². The van der Waals surface area contributed by atoms with Gasteiger partial charge in [0.25, 0.3) is 5.91 Å². The van der Waals surface area contributed by atoms with Gasteiger partial charge in [-0.05, 0) is 88.5 Å². The summed E-state index contributed by atoms with van der Waals surface area (Å²) in [5.41, 5.74) is 5.58. The summed E-state index contributed by atoms with van der Waals surface area (Å²) in [6.45, 7) is 5.14. The number of carbonyl (C=O) groups is 3. The van der Waals surface area contributed by atoms with Gasteiger partial charge < -0.3 is 26.4 Å². The number of ether oxygens (including phenoxy) is 1. The standard InChI is InChI=1S/C32H43FN4O6/c1-28(2,34)18-37-25(38)14-19-8-10-30(11-9-19)41-32(43-42-30)23-15-21-16-29(17-24(32)31(21,23)29)27(40)36-13-3-12-35-26(39)20-4-6-22(33)7-5-20/h4-7,19,21,23-24H,3,8-18,34H2,1-2H3,(H,35,39)(H,36,40)(H,37,38)/t19?,21?,23?,24?,29?,30?,31?,32-/m1/s1. The van der Waals surface area contributed by atoms with Crippen LogP contribution in [0.3, 0.4) is 0 Å². The van der Waals surface area contributed by atoms with E-state index in [1.165, 1.54) is 24.3 Å². The van der Waals surface area contributed by atoms with Gasteiger partial charge in [0, 0.05) is 67.2 Å². The molecule has 43 heavy (non-hydrogen) atoms. The lowest BCUT2D eigenvalue weighted by atomic mass is 9.11. The van der Waals surface area contributed by atoms with E-state index in [0.29, 0.717) is 56.8 Å². The first-order valence-electron chi connectivity index (χ1n) is 15.9. The molecule has 0 aromatic heterocycles. The first-order chi connectivity index (χ1) is 20.4. The Hall–Kier alpha value is -2.60. The summed E-state index contributed by atoms with van der Waals surface area (Å²) in [6, 6.07) is 5.42. The van der Waals surface area contributed by atoms with E-state index in [1.54, 1.807) is 0 Å². The van der Waals surface area contributed by atoms with Crippen LogP contribution in [0, 0.1) is 40.3 Å². The van der Waals surface area contributed by atoms with Crippen molar-refractivity contribution in [2.24, 2.45) is 40.2 Å². The molecule has 6 atom stereocenters. The maximum atomic E-state index is 13.4. The van der Waals surface area contributed by atoms with E-state index in [2.05, 4.69) is 16.0 Å². The molecule has 1 aliphatic heterocycles. The normalized spacial score (nSPS) is 39.8. The lowest BCUT2D eigenvalue weighted by molar-refractivity contribution is -0.553. The van der Waals surface area contributed by atoms with Gasteiger partial charge in [0.15, 0.2) is 0 Å². The molecule has 1 heterocycles. The highest BCUT2D eigenvalue weighted by Crippen LogP contribution is 2.96. The summed E-state index contributed by atoms with van der Waals surface area (Å²) in [7, 11) is 0. The molecule has 5 saturated carbocycles. The number of nitrogens with one attached hydrogen (secondary N) is 3. The number of rotatable bonds is 10. The quantitative estimate of drug-likeness (QED) is 0.240. The van der Waals surface area contributed by atoms with E-state index in [9.17, 15) is 18.8 Å². The molecular formula is C32H43FN4O6. The molecule has 1 aromatic rings. The number of fused-ring (bicyclic) bond motifs is 2. The van der Waals surface area contributed by atoms with Crippen molar-refractivity contribution in [1.82, 2.24) is 16.0 Å². The average molecular weight is 599 g/mol. The highest BCUT2D eigenvalue weighted by Gasteiger charge is 2.99. The Morgan fingerprint density at radius 1 is 1.00 bits per heavy atom. The molecule has 11 heteroatoms. The molecule has 6 aliphatic rings. The van der Waals surface area contributed by atoms with Crippen molar-refractivity contribution in [2.45, 2.75) is 88.7 Å². The zero-order valence-corrected chi connectivity index (χ0v) is 25.0. The molecule has 5 N–H and O–H groups in total. The summed E-state index contributed by atoms with van der Waals surface area (Å²) < 4.78 is 19.8. The van der Waals surface area contributed by atoms with Gasteiger partial charge in [-0.15, -0.1) is 0 Å². The number of amides is 3. The van der Waals surface area contributed by atoms with Crippen LogP contribution >= 0.6 is 0 Å². The number of hydrogen-bond acceptors (Lipinski definition) is 7. The fraction of sp³-hybridized carbons (Fsp3) is 0.719. The lowest BCUT2D eigenvalue weighted by Crippen LogP contribution is -2.96. The predicted octanol–water partition coefficient (Wildman–Crippen LogP) is 2.91. The SMILES string of the molecule is CC(C)(N)CNC(=O)CC1CCC2(CC1)OO[C@]1(O2)C2CC3CC4(C(=O)NCCCNC(=O)c5ccc(F)cc5)CC1C324. The maximum absolute atomic E-state index is 13.4. The molecule has 1 aromatic carbocycles. The van der Waals surface area contributed by atoms with E-state index >= 15 is 0 Å². The smallest absolute Gasteiger partial charge is 0.251 e. The Morgan fingerprint density at radius 2 is 1.72 bits per heavy atom. The monoisotopic (exact) mass is 598 g/mol. The summed E-state index contributed by atoms with van der Waals surface area (Å²) in [5, 5.41) is 8.89. The third-order valence-electron chi connectivity index (χ3n) is 11.5. The second-order valence-corrected chi connectivity index (χ2v) is 14.6. The fourth-order valence-electron chi connectivity index (χ4n) is 9.51. The van der Waals surface area contributed by atoms with Gasteiger partial charge in [0.2, 0.25) is 23.4 Å². The van der Waals surface area contributed by atoms with Crippen LogP contribution in [0.1, 0.15) is 82.0 Å². The Balaban J connectivity index is 0.873. The number of carbonyl (C=O) groups excluding carboxylic acids is 3. The average Bonchev–Trinajstić information content (AvgIpc) is 3.31. The summed E-state index contributed by atoms with van der Waals surface area (Å²) >= 11 is 0. The zero-order valence-electron chi connectivity index (χ0n) is 25.0. The van der Waals surface area contributed by atoms with Crippen molar-refractivity contribution >= 4 is 17.7 Å². The van der Waals surface area contributed by atoms with Crippen LogP contribution in [0.25, 0.3) is 0 Å². The van der Waals surface area contributed by atoms with Gasteiger partial charge >= 0.3 is 0 Å². The molecule has 3 spiro atoms. The van der Waals surface area contributed by atoms with Crippen molar-refractivity contribution in [2.75, 3.05) is 19.6 Å². The molecule has 3 amide bonds. The first kappa shape index (κ1) is 29.1. The highest BCUT2D eigenvalue weighted by molar-refractivity contribution is 5.94. The van der Waals surface area contributed by atoms with E-state index in [-0.39, 0.29) is 52.1 Å². The minimum absolute atomic E-state index is 0.0329. The Kier molecular flexibility index (Phi) is 6.74. The van der Waals surface area contributed by atoms with E-state index in [4.69, 9.17) is 20.2 Å². The lowest BCUT2D eigenvalue weighted by Gasteiger charge is -2.92. The van der Waals surface area contributed by atoms with Gasteiger partial charge in [0.1, 0.15) is 5.82 Å². The minimum Gasteiger partial charge on any atom is -0.356 e. The second-order valence-electron chi connectivity index (χ2n) is 14.6. The summed E-state index contributed by atoms with van der Waals surface area (Å²) in [4.78, 5) is 50.1. The Labute approximate surface area is 251 Å². The zero-order chi connectivity index (χ0) is 30.3. The van der Waals surface area contributed by atoms with Crippen molar-refractivity contribution < 1.29 is 33.3 Å². The number of benzene rings is 1. The van der Waals surface area contributed by atoms with Crippen LogP contribution in [-0.4, -0.2) is 54.5 Å². The van der Waals surface area contributed by atoms with Gasteiger partial charge in [-0.1, -0.05) is 0 Å². The molecule has 5 aliphatic carbocycles. The second kappa shape index (κ2) is 9.95. The van der Waals surface area contributed by atoms with Crippen LogP contribution in [0.2, 0.25) is 0 Å². The van der Waals surface area contributed by atoms with Gasteiger partial charge in [-0.2, -0.15) is 9.78 Å². The Morgan fingerprint density at radius 3 is 2.40 bits per heavy atom. The summed E-state index contributed by atoms with van der Waals surface area (Å²) in [5.74, 6) is -0.858. The third-order valence-corrected chi connectivity index (χ3v) is 11.5. The number of halogens is 1. The molecule has 5 unspecified atom stereocenters. The molecular weight excluding hydrogens is 555 g/mol. The van der Waals surface area contributed by atoms with Crippen LogP contribution in [0.15, 0.2) is 24.3 Å². The minimum atomic E-state index is -0.762. The maximum Gasteiger partial charge on any atom is 0.251 e.